The number of aliphatic hydroxyl groups excluding tert-OH is 1. The highest BCUT2D eigenvalue weighted by molar-refractivity contribution is 5.18. The van der Waals surface area contributed by atoms with Gasteiger partial charge in [-0.3, -0.25) is 4.90 Å². The third-order valence-electron chi connectivity index (χ3n) is 3.41. The molecule has 2 aromatic carbocycles. The van der Waals surface area contributed by atoms with Gasteiger partial charge in [0.25, 0.3) is 0 Å². The number of hydrogen-bond donors (Lipinski definition) is 2. The number of nitrogens with zero attached hydrogens (tertiary/aromatic N) is 1. The molecule has 3 heteroatoms. The Balaban J connectivity index is 2.02. The van der Waals surface area contributed by atoms with Gasteiger partial charge in [0.15, 0.2) is 0 Å². The fraction of sp³-hybridized carbons (Fsp3) is 0.333. The number of nitrogens with two attached hydrogens (primary N) is 1. The summed E-state index contributed by atoms with van der Waals surface area (Å²) in [6, 6.07) is 20.1. The second-order valence-electron chi connectivity index (χ2n) is 5.58. The van der Waals surface area contributed by atoms with E-state index in [0.717, 1.165) is 18.7 Å². The van der Waals surface area contributed by atoms with E-state index >= 15 is 0 Å². The summed E-state index contributed by atoms with van der Waals surface area (Å²) in [5.74, 6) is 0. The first-order valence-electron chi connectivity index (χ1n) is 7.40. The minimum atomic E-state index is -0.492. The van der Waals surface area contributed by atoms with Crippen LogP contribution in [0, 0.1) is 0 Å². The highest BCUT2D eigenvalue weighted by Crippen LogP contribution is 2.15. The third-order valence-corrected chi connectivity index (χ3v) is 3.41. The summed E-state index contributed by atoms with van der Waals surface area (Å²) in [6.45, 7) is 4.14. The molecule has 0 aromatic heterocycles. The van der Waals surface area contributed by atoms with Crippen LogP contribution in [0.5, 0.6) is 0 Å². The minimum Gasteiger partial charge on any atom is -0.387 e. The summed E-state index contributed by atoms with van der Waals surface area (Å²) in [5.41, 5.74) is 8.12. The van der Waals surface area contributed by atoms with Crippen molar-refractivity contribution >= 4 is 0 Å². The molecule has 2 atom stereocenters. The topological polar surface area (TPSA) is 49.5 Å². The van der Waals surface area contributed by atoms with Crippen molar-refractivity contribution in [3.05, 3.63) is 71.8 Å². The first-order chi connectivity index (χ1) is 10.1. The molecule has 0 bridgehead atoms. The molecule has 0 fully saturated rings. The van der Waals surface area contributed by atoms with E-state index in [1.165, 1.54) is 5.56 Å². The number of rotatable bonds is 7. The molecule has 0 aliphatic rings. The molecule has 0 unspecified atom stereocenters. The van der Waals surface area contributed by atoms with E-state index in [0.29, 0.717) is 6.54 Å². The molecule has 0 amide bonds. The van der Waals surface area contributed by atoms with Crippen LogP contribution in [0.4, 0.5) is 0 Å². The van der Waals surface area contributed by atoms with Crippen LogP contribution in [-0.2, 0) is 6.54 Å². The lowest BCUT2D eigenvalue weighted by molar-refractivity contribution is 0.106. The zero-order chi connectivity index (χ0) is 15.1. The van der Waals surface area contributed by atoms with Crippen LogP contribution in [0.25, 0.3) is 0 Å². The van der Waals surface area contributed by atoms with E-state index in [9.17, 15) is 5.11 Å². The fourth-order valence-electron chi connectivity index (χ4n) is 2.48. The van der Waals surface area contributed by atoms with Crippen molar-refractivity contribution in [3.63, 3.8) is 0 Å². The average Bonchev–Trinajstić information content (AvgIpc) is 2.48. The Hall–Kier alpha value is -1.68. The van der Waals surface area contributed by atoms with Crippen LogP contribution in [-0.4, -0.2) is 29.1 Å². The first kappa shape index (κ1) is 15.7. The standard InChI is InChI=1S/C18H24N2O/c1-15(19)12-20(13-16-8-4-2-5-9-16)14-18(21)17-10-6-3-7-11-17/h2-11,15,18,21H,12-14,19H2,1H3/t15-,18+/m0/s1. The molecule has 0 aliphatic carbocycles. The monoisotopic (exact) mass is 284 g/mol. The molecular formula is C18H24N2O. The Labute approximate surface area is 127 Å². The van der Waals surface area contributed by atoms with Gasteiger partial charge >= 0.3 is 0 Å². The quantitative estimate of drug-likeness (QED) is 0.821. The van der Waals surface area contributed by atoms with E-state index < -0.39 is 6.10 Å². The fourth-order valence-corrected chi connectivity index (χ4v) is 2.48. The lowest BCUT2D eigenvalue weighted by Gasteiger charge is -2.27. The van der Waals surface area contributed by atoms with Gasteiger partial charge in [-0.15, -0.1) is 0 Å². The summed E-state index contributed by atoms with van der Waals surface area (Å²) in [5, 5.41) is 10.4. The summed E-state index contributed by atoms with van der Waals surface area (Å²) >= 11 is 0. The van der Waals surface area contributed by atoms with Crippen molar-refractivity contribution in [3.8, 4) is 0 Å². The Bertz CT molecular complexity index is 513. The summed E-state index contributed by atoms with van der Waals surface area (Å²) in [6.07, 6.45) is -0.492. The van der Waals surface area contributed by atoms with E-state index in [1.54, 1.807) is 0 Å². The summed E-state index contributed by atoms with van der Waals surface area (Å²) in [7, 11) is 0. The van der Waals surface area contributed by atoms with Gasteiger partial charge in [-0.25, -0.2) is 0 Å². The smallest absolute Gasteiger partial charge is 0.0917 e. The van der Waals surface area contributed by atoms with Crippen molar-refractivity contribution in [2.24, 2.45) is 5.73 Å². The Morgan fingerprint density at radius 1 is 0.952 bits per heavy atom. The summed E-state index contributed by atoms with van der Waals surface area (Å²) in [4.78, 5) is 2.21. The van der Waals surface area contributed by atoms with Crippen LogP contribution < -0.4 is 5.73 Å². The molecule has 2 aromatic rings. The highest BCUT2D eigenvalue weighted by atomic mass is 16.3. The predicted octanol–water partition coefficient (Wildman–Crippen LogP) is 2.57. The third kappa shape index (κ3) is 5.31. The van der Waals surface area contributed by atoms with E-state index in [4.69, 9.17) is 5.73 Å². The van der Waals surface area contributed by atoms with E-state index in [-0.39, 0.29) is 6.04 Å². The van der Waals surface area contributed by atoms with Crippen molar-refractivity contribution in [1.29, 1.82) is 0 Å². The van der Waals surface area contributed by atoms with Gasteiger partial charge in [0.05, 0.1) is 6.10 Å². The van der Waals surface area contributed by atoms with Crippen LogP contribution in [0.15, 0.2) is 60.7 Å². The molecule has 0 heterocycles. The first-order valence-corrected chi connectivity index (χ1v) is 7.40. The normalized spacial score (nSPS) is 14.1. The van der Waals surface area contributed by atoms with Crippen molar-refractivity contribution < 1.29 is 5.11 Å². The Morgan fingerprint density at radius 3 is 2.10 bits per heavy atom. The lowest BCUT2D eigenvalue weighted by atomic mass is 10.1. The maximum Gasteiger partial charge on any atom is 0.0917 e. The van der Waals surface area contributed by atoms with Crippen molar-refractivity contribution in [2.75, 3.05) is 13.1 Å². The van der Waals surface area contributed by atoms with Crippen LogP contribution >= 0.6 is 0 Å². The number of aliphatic hydroxyl groups is 1. The molecular weight excluding hydrogens is 260 g/mol. The molecule has 0 saturated heterocycles. The van der Waals surface area contributed by atoms with Gasteiger partial charge in [0.2, 0.25) is 0 Å². The highest BCUT2D eigenvalue weighted by Gasteiger charge is 2.15. The van der Waals surface area contributed by atoms with Crippen LogP contribution in [0.2, 0.25) is 0 Å². The van der Waals surface area contributed by atoms with Crippen LogP contribution in [0.1, 0.15) is 24.2 Å². The Kier molecular flexibility index (Phi) is 5.93. The van der Waals surface area contributed by atoms with E-state index in [1.807, 2.05) is 55.5 Å². The van der Waals surface area contributed by atoms with Crippen molar-refractivity contribution in [2.45, 2.75) is 25.6 Å². The van der Waals surface area contributed by atoms with Gasteiger partial charge in [-0.2, -0.15) is 0 Å². The molecule has 112 valence electrons. The van der Waals surface area contributed by atoms with Gasteiger partial charge < -0.3 is 10.8 Å². The van der Waals surface area contributed by atoms with Crippen LogP contribution in [0.3, 0.4) is 0 Å². The predicted molar refractivity (Wildman–Crippen MR) is 86.8 cm³/mol. The van der Waals surface area contributed by atoms with Gasteiger partial charge in [-0.05, 0) is 18.1 Å². The maximum atomic E-state index is 10.4. The second-order valence-corrected chi connectivity index (χ2v) is 5.58. The molecule has 3 nitrogen and oxygen atoms in total. The maximum absolute atomic E-state index is 10.4. The zero-order valence-corrected chi connectivity index (χ0v) is 12.5. The largest absolute Gasteiger partial charge is 0.387 e. The molecule has 21 heavy (non-hydrogen) atoms. The SMILES string of the molecule is C[C@H](N)CN(Cc1ccccc1)C[C@@H](O)c1ccccc1. The molecule has 0 spiro atoms. The Morgan fingerprint density at radius 2 is 1.52 bits per heavy atom. The van der Waals surface area contributed by atoms with Crippen molar-refractivity contribution in [1.82, 2.24) is 4.90 Å². The second kappa shape index (κ2) is 7.93. The molecule has 2 rings (SSSR count). The van der Waals surface area contributed by atoms with E-state index in [2.05, 4.69) is 17.0 Å². The molecule has 0 radical (unpaired) electrons. The number of hydrogen-bond acceptors (Lipinski definition) is 3. The zero-order valence-electron chi connectivity index (χ0n) is 12.5. The van der Waals surface area contributed by atoms with Gasteiger partial charge in [-0.1, -0.05) is 60.7 Å². The average molecular weight is 284 g/mol. The summed E-state index contributed by atoms with van der Waals surface area (Å²) < 4.78 is 0. The van der Waals surface area contributed by atoms with Gasteiger partial charge in [0, 0.05) is 25.7 Å². The lowest BCUT2D eigenvalue weighted by Crippen LogP contribution is -2.37. The molecule has 3 N–H and O–H groups in total. The molecule has 0 aliphatic heterocycles. The molecule has 0 saturated carbocycles. The van der Waals surface area contributed by atoms with Gasteiger partial charge in [0.1, 0.15) is 0 Å². The number of benzene rings is 2. The minimum absolute atomic E-state index is 0.0803.